The summed E-state index contributed by atoms with van der Waals surface area (Å²) < 4.78 is 33.6. The summed E-state index contributed by atoms with van der Waals surface area (Å²) in [5.41, 5.74) is 2.24. The zero-order chi connectivity index (χ0) is 25.9. The number of carbonyl (C=O) groups is 2. The van der Waals surface area contributed by atoms with Crippen molar-refractivity contribution in [3.05, 3.63) is 75.1 Å². The average molecular weight is 547 g/mol. The highest BCUT2D eigenvalue weighted by atomic mass is 35.5. The molecule has 1 aromatic heterocycles. The Hall–Kier alpha value is -2.88. The van der Waals surface area contributed by atoms with Gasteiger partial charge in [0.2, 0.25) is 5.91 Å². The molecule has 36 heavy (non-hydrogen) atoms. The van der Waals surface area contributed by atoms with E-state index in [2.05, 4.69) is 5.32 Å². The number of benzene rings is 2. The molecule has 190 valence electrons. The topological polar surface area (TPSA) is 92.8 Å². The number of amides is 1. The molecule has 4 rings (SSSR count). The molecule has 0 spiro atoms. The Labute approximate surface area is 220 Å². The quantitative estimate of drug-likeness (QED) is 0.371. The van der Waals surface area contributed by atoms with Crippen molar-refractivity contribution in [2.75, 3.05) is 22.8 Å². The van der Waals surface area contributed by atoms with Gasteiger partial charge in [-0.2, -0.15) is 0 Å². The van der Waals surface area contributed by atoms with Gasteiger partial charge in [-0.05, 0) is 74.9 Å². The van der Waals surface area contributed by atoms with E-state index in [4.69, 9.17) is 16.3 Å². The Kier molecular flexibility index (Phi) is 8.02. The molecule has 0 radical (unpaired) electrons. The molecular weight excluding hydrogens is 520 g/mol. The number of hydrogen-bond donors (Lipinski definition) is 1. The molecular formula is C26H27ClN2O5S2. The first-order valence-electron chi connectivity index (χ1n) is 11.7. The Morgan fingerprint density at radius 2 is 1.83 bits per heavy atom. The van der Waals surface area contributed by atoms with E-state index >= 15 is 0 Å². The number of hydrogen-bond acceptors (Lipinski definition) is 6. The summed E-state index contributed by atoms with van der Waals surface area (Å²) in [6.07, 6.45) is 3.55. The Bertz CT molecular complexity index is 1390. The molecule has 10 heteroatoms. The van der Waals surface area contributed by atoms with Gasteiger partial charge in [0, 0.05) is 9.90 Å². The molecule has 0 bridgehead atoms. The second-order valence-corrected chi connectivity index (χ2v) is 11.8. The molecule has 3 aromatic rings. The fraction of sp³-hybridized carbons (Fsp3) is 0.308. The standard InChI is InChI=1S/C26H27ClN2O5S2/c1-3-34-26(31)24-20-11-7-8-12-22(20)35-25(24)28-23(30)16-29(21-15-18(27)14-13-17(21)2)36(32,33)19-9-5-4-6-10-19/h4-6,9-10,13-15H,3,7-8,11-12,16H2,1-2H3,(H,28,30). The summed E-state index contributed by atoms with van der Waals surface area (Å²) in [6, 6.07) is 12.8. The molecule has 1 N–H and O–H groups in total. The molecule has 1 aliphatic rings. The number of halogens is 1. The highest BCUT2D eigenvalue weighted by Crippen LogP contribution is 2.39. The number of nitrogens with one attached hydrogen (secondary N) is 1. The zero-order valence-corrected chi connectivity index (χ0v) is 22.4. The van der Waals surface area contributed by atoms with Gasteiger partial charge in [-0.25, -0.2) is 13.2 Å². The molecule has 2 aromatic carbocycles. The van der Waals surface area contributed by atoms with E-state index in [0.29, 0.717) is 26.8 Å². The fourth-order valence-corrected chi connectivity index (χ4v) is 7.20. The van der Waals surface area contributed by atoms with Crippen molar-refractivity contribution in [3.8, 4) is 0 Å². The Balaban J connectivity index is 1.70. The second kappa shape index (κ2) is 11.0. The van der Waals surface area contributed by atoms with Crippen LogP contribution in [0.4, 0.5) is 10.7 Å². The molecule has 1 heterocycles. The lowest BCUT2D eigenvalue weighted by Crippen LogP contribution is -2.38. The predicted octanol–water partition coefficient (Wildman–Crippen LogP) is 5.60. The largest absolute Gasteiger partial charge is 0.462 e. The maximum absolute atomic E-state index is 13.6. The molecule has 0 unspecified atom stereocenters. The highest BCUT2D eigenvalue weighted by Gasteiger charge is 2.31. The summed E-state index contributed by atoms with van der Waals surface area (Å²) >= 11 is 7.55. The van der Waals surface area contributed by atoms with Crippen molar-refractivity contribution in [1.82, 2.24) is 0 Å². The summed E-state index contributed by atoms with van der Waals surface area (Å²) in [4.78, 5) is 27.2. The third-order valence-electron chi connectivity index (χ3n) is 5.96. The normalized spacial score (nSPS) is 13.1. The van der Waals surface area contributed by atoms with E-state index in [0.717, 1.165) is 40.4 Å². The third kappa shape index (κ3) is 5.43. The lowest BCUT2D eigenvalue weighted by molar-refractivity contribution is -0.114. The van der Waals surface area contributed by atoms with Crippen molar-refractivity contribution >= 4 is 55.5 Å². The van der Waals surface area contributed by atoms with Gasteiger partial charge in [-0.3, -0.25) is 9.10 Å². The molecule has 1 amide bonds. The lowest BCUT2D eigenvalue weighted by Gasteiger charge is -2.25. The number of anilines is 2. The van der Waals surface area contributed by atoms with Crippen molar-refractivity contribution < 1.29 is 22.7 Å². The zero-order valence-electron chi connectivity index (χ0n) is 20.0. The van der Waals surface area contributed by atoms with Crippen LogP contribution in [0.1, 0.15) is 46.1 Å². The number of esters is 1. The minimum absolute atomic E-state index is 0.0518. The van der Waals surface area contributed by atoms with Gasteiger partial charge in [0.1, 0.15) is 11.5 Å². The van der Waals surface area contributed by atoms with Crippen molar-refractivity contribution in [2.45, 2.75) is 44.4 Å². The second-order valence-electron chi connectivity index (χ2n) is 8.44. The van der Waals surface area contributed by atoms with Crippen LogP contribution in [0.5, 0.6) is 0 Å². The predicted molar refractivity (Wildman–Crippen MR) is 143 cm³/mol. The van der Waals surface area contributed by atoms with Crippen molar-refractivity contribution in [1.29, 1.82) is 0 Å². The number of ether oxygens (including phenoxy) is 1. The molecule has 0 saturated heterocycles. The first-order valence-corrected chi connectivity index (χ1v) is 14.3. The fourth-order valence-electron chi connectivity index (χ4n) is 4.24. The van der Waals surface area contributed by atoms with Gasteiger partial charge in [0.15, 0.2) is 0 Å². The number of rotatable bonds is 8. The van der Waals surface area contributed by atoms with Crippen LogP contribution < -0.4 is 9.62 Å². The SMILES string of the molecule is CCOC(=O)c1c(NC(=O)CN(c2cc(Cl)ccc2C)S(=O)(=O)c2ccccc2)sc2c1CCCC2. The van der Waals surface area contributed by atoms with E-state index in [-0.39, 0.29) is 11.5 Å². The molecule has 0 fully saturated rings. The van der Waals surface area contributed by atoms with Crippen LogP contribution in [0.2, 0.25) is 5.02 Å². The number of aryl methyl sites for hydroxylation is 2. The molecule has 7 nitrogen and oxygen atoms in total. The Morgan fingerprint density at radius 3 is 2.56 bits per heavy atom. The van der Waals surface area contributed by atoms with Crippen LogP contribution in [0, 0.1) is 6.92 Å². The van der Waals surface area contributed by atoms with E-state index < -0.39 is 28.4 Å². The van der Waals surface area contributed by atoms with Gasteiger partial charge in [0.05, 0.1) is 22.8 Å². The summed E-state index contributed by atoms with van der Waals surface area (Å²) in [6.45, 7) is 3.20. The van der Waals surface area contributed by atoms with Crippen LogP contribution in [0.3, 0.4) is 0 Å². The number of sulfonamides is 1. The van der Waals surface area contributed by atoms with E-state index in [1.807, 2.05) is 0 Å². The highest BCUT2D eigenvalue weighted by molar-refractivity contribution is 7.92. The summed E-state index contributed by atoms with van der Waals surface area (Å²) in [5, 5.41) is 3.55. The molecule has 0 aliphatic heterocycles. The maximum Gasteiger partial charge on any atom is 0.341 e. The van der Waals surface area contributed by atoms with E-state index in [1.165, 1.54) is 29.5 Å². The van der Waals surface area contributed by atoms with Gasteiger partial charge in [-0.1, -0.05) is 35.9 Å². The first kappa shape index (κ1) is 26.2. The van der Waals surface area contributed by atoms with Crippen LogP contribution in [0.25, 0.3) is 0 Å². The van der Waals surface area contributed by atoms with Crippen molar-refractivity contribution in [2.24, 2.45) is 0 Å². The van der Waals surface area contributed by atoms with Crippen molar-refractivity contribution in [3.63, 3.8) is 0 Å². The first-order chi connectivity index (χ1) is 17.2. The van der Waals surface area contributed by atoms with Gasteiger partial charge < -0.3 is 10.1 Å². The number of nitrogens with zero attached hydrogens (tertiary/aromatic N) is 1. The Morgan fingerprint density at radius 1 is 1.11 bits per heavy atom. The molecule has 0 saturated carbocycles. The van der Waals surface area contributed by atoms with Gasteiger partial charge in [0.25, 0.3) is 10.0 Å². The summed E-state index contributed by atoms with van der Waals surface area (Å²) in [7, 11) is -4.09. The number of fused-ring (bicyclic) bond motifs is 1. The lowest BCUT2D eigenvalue weighted by atomic mass is 9.95. The van der Waals surface area contributed by atoms with Crippen LogP contribution in [0.15, 0.2) is 53.4 Å². The number of thiophene rings is 1. The molecule has 0 atom stereocenters. The van der Waals surface area contributed by atoms with Crippen LogP contribution in [-0.4, -0.2) is 33.4 Å². The van der Waals surface area contributed by atoms with Crippen LogP contribution in [-0.2, 0) is 32.4 Å². The van der Waals surface area contributed by atoms with E-state index in [1.54, 1.807) is 44.2 Å². The molecule has 1 aliphatic carbocycles. The third-order valence-corrected chi connectivity index (χ3v) is 9.18. The smallest absolute Gasteiger partial charge is 0.341 e. The van der Waals surface area contributed by atoms with Gasteiger partial charge >= 0.3 is 5.97 Å². The maximum atomic E-state index is 13.6. The van der Waals surface area contributed by atoms with Gasteiger partial charge in [-0.15, -0.1) is 11.3 Å². The summed E-state index contributed by atoms with van der Waals surface area (Å²) in [5.74, 6) is -1.05. The minimum atomic E-state index is -4.09. The average Bonchev–Trinajstić information content (AvgIpc) is 3.22. The monoisotopic (exact) mass is 546 g/mol. The number of carbonyl (C=O) groups excluding carboxylic acids is 2. The van der Waals surface area contributed by atoms with Crippen LogP contribution >= 0.6 is 22.9 Å². The minimum Gasteiger partial charge on any atom is -0.462 e. The van der Waals surface area contributed by atoms with E-state index in [9.17, 15) is 18.0 Å².